The number of nitrogens with one attached hydrogen (secondary N) is 1. The van der Waals surface area contributed by atoms with Gasteiger partial charge < -0.3 is 14.8 Å². The van der Waals surface area contributed by atoms with Crippen molar-refractivity contribution in [2.24, 2.45) is 0 Å². The minimum atomic E-state index is -0.0833. The number of anilines is 1. The van der Waals surface area contributed by atoms with Gasteiger partial charge in [-0.1, -0.05) is 18.3 Å². The Morgan fingerprint density at radius 2 is 2.00 bits per heavy atom. The van der Waals surface area contributed by atoms with Gasteiger partial charge in [0.1, 0.15) is 5.01 Å². The molecule has 0 spiro atoms. The van der Waals surface area contributed by atoms with Gasteiger partial charge in [-0.25, -0.2) is 0 Å². The number of rotatable bonds is 5. The lowest BCUT2D eigenvalue weighted by molar-refractivity contribution is -0.115. The van der Waals surface area contributed by atoms with Gasteiger partial charge in [-0.15, -0.1) is 10.2 Å². The van der Waals surface area contributed by atoms with Crippen LogP contribution in [0.3, 0.4) is 0 Å². The second-order valence-electron chi connectivity index (χ2n) is 3.88. The second kappa shape index (κ2) is 6.33. The van der Waals surface area contributed by atoms with Crippen LogP contribution in [0.2, 0.25) is 0 Å². The van der Waals surface area contributed by atoms with Crippen LogP contribution in [0.15, 0.2) is 18.2 Å². The van der Waals surface area contributed by atoms with Crippen molar-refractivity contribution in [3.05, 3.63) is 18.2 Å². The van der Waals surface area contributed by atoms with Crippen LogP contribution in [0, 0.1) is 0 Å². The van der Waals surface area contributed by atoms with E-state index in [2.05, 4.69) is 15.5 Å². The number of benzene rings is 1. The third kappa shape index (κ3) is 3.05. The molecule has 0 bridgehead atoms. The van der Waals surface area contributed by atoms with E-state index in [0.717, 1.165) is 5.56 Å². The molecule has 0 unspecified atom stereocenters. The third-order valence-corrected chi connectivity index (χ3v) is 3.51. The van der Waals surface area contributed by atoms with Crippen molar-refractivity contribution in [1.29, 1.82) is 0 Å². The Hall–Kier alpha value is -2.15. The summed E-state index contributed by atoms with van der Waals surface area (Å²) in [5, 5.41) is 11.9. The van der Waals surface area contributed by atoms with Crippen molar-refractivity contribution in [1.82, 2.24) is 10.2 Å². The standard InChI is InChI=1S/C13H15N3O3S/c1-4-11(17)14-13-16-15-12(20-13)8-5-6-9(18-2)10(7-8)19-3/h5-7H,4H2,1-3H3,(H,14,16,17). The fourth-order valence-corrected chi connectivity index (χ4v) is 2.32. The zero-order valence-corrected chi connectivity index (χ0v) is 12.3. The number of carbonyl (C=O) groups excluding carboxylic acids is 1. The zero-order valence-electron chi connectivity index (χ0n) is 11.5. The summed E-state index contributed by atoms with van der Waals surface area (Å²) in [7, 11) is 3.16. The molecule has 106 valence electrons. The average molecular weight is 293 g/mol. The number of aromatic nitrogens is 2. The molecule has 2 rings (SSSR count). The van der Waals surface area contributed by atoms with Crippen LogP contribution in [0.4, 0.5) is 5.13 Å². The summed E-state index contributed by atoms with van der Waals surface area (Å²) in [5.74, 6) is 1.19. The minimum Gasteiger partial charge on any atom is -0.493 e. The maximum Gasteiger partial charge on any atom is 0.225 e. The Kier molecular flexibility index (Phi) is 4.52. The Morgan fingerprint density at radius 1 is 1.25 bits per heavy atom. The fraction of sp³-hybridized carbons (Fsp3) is 0.308. The van der Waals surface area contributed by atoms with Gasteiger partial charge in [0.25, 0.3) is 0 Å². The van der Waals surface area contributed by atoms with Crippen LogP contribution in [-0.2, 0) is 4.79 Å². The molecule has 20 heavy (non-hydrogen) atoms. The summed E-state index contributed by atoms with van der Waals surface area (Å²) in [5.41, 5.74) is 0.858. The molecule has 2 aromatic rings. The molecule has 0 fully saturated rings. The van der Waals surface area contributed by atoms with E-state index in [4.69, 9.17) is 9.47 Å². The smallest absolute Gasteiger partial charge is 0.225 e. The van der Waals surface area contributed by atoms with E-state index < -0.39 is 0 Å². The normalized spacial score (nSPS) is 10.2. The Bertz CT molecular complexity index is 613. The van der Waals surface area contributed by atoms with Crippen LogP contribution in [0.1, 0.15) is 13.3 Å². The molecule has 6 nitrogen and oxygen atoms in total. The summed E-state index contributed by atoms with van der Waals surface area (Å²) < 4.78 is 10.4. The van der Waals surface area contributed by atoms with Crippen molar-refractivity contribution in [2.45, 2.75) is 13.3 Å². The Morgan fingerprint density at radius 3 is 2.65 bits per heavy atom. The van der Waals surface area contributed by atoms with Crippen LogP contribution < -0.4 is 14.8 Å². The van der Waals surface area contributed by atoms with Gasteiger partial charge in [0, 0.05) is 12.0 Å². The lowest BCUT2D eigenvalue weighted by Gasteiger charge is -2.07. The topological polar surface area (TPSA) is 73.3 Å². The summed E-state index contributed by atoms with van der Waals surface area (Å²) in [6.45, 7) is 1.78. The molecule has 1 aromatic heterocycles. The van der Waals surface area contributed by atoms with Crippen molar-refractivity contribution >= 4 is 22.4 Å². The molecule has 1 aromatic carbocycles. The average Bonchev–Trinajstić information content (AvgIpc) is 2.94. The molecule has 7 heteroatoms. The quantitative estimate of drug-likeness (QED) is 0.917. The summed E-state index contributed by atoms with van der Waals surface area (Å²) in [6, 6.07) is 5.50. The lowest BCUT2D eigenvalue weighted by Crippen LogP contribution is -2.08. The number of hydrogen-bond donors (Lipinski definition) is 1. The highest BCUT2D eigenvalue weighted by Crippen LogP contribution is 2.34. The third-order valence-electron chi connectivity index (χ3n) is 2.62. The molecule has 0 aliphatic carbocycles. The predicted molar refractivity (Wildman–Crippen MR) is 77.4 cm³/mol. The number of carbonyl (C=O) groups is 1. The van der Waals surface area contributed by atoms with Crippen LogP contribution in [-0.4, -0.2) is 30.3 Å². The van der Waals surface area contributed by atoms with Crippen molar-refractivity contribution in [3.8, 4) is 22.1 Å². The van der Waals surface area contributed by atoms with Crippen molar-refractivity contribution in [3.63, 3.8) is 0 Å². The first-order chi connectivity index (χ1) is 9.67. The molecule has 1 N–H and O–H groups in total. The van der Waals surface area contributed by atoms with E-state index in [9.17, 15) is 4.79 Å². The van der Waals surface area contributed by atoms with Gasteiger partial charge in [-0.2, -0.15) is 0 Å². The molecule has 1 amide bonds. The molecule has 0 aliphatic heterocycles. The number of methoxy groups -OCH3 is 2. The van der Waals surface area contributed by atoms with Gasteiger partial charge in [-0.05, 0) is 18.2 Å². The first-order valence-corrected chi connectivity index (χ1v) is 6.85. The SMILES string of the molecule is CCC(=O)Nc1nnc(-c2ccc(OC)c(OC)c2)s1. The largest absolute Gasteiger partial charge is 0.493 e. The van der Waals surface area contributed by atoms with Gasteiger partial charge in [0.15, 0.2) is 11.5 Å². The highest BCUT2D eigenvalue weighted by Gasteiger charge is 2.11. The number of ether oxygens (including phenoxy) is 2. The maximum absolute atomic E-state index is 11.3. The molecular formula is C13H15N3O3S. The van der Waals surface area contributed by atoms with E-state index in [1.165, 1.54) is 11.3 Å². The number of amides is 1. The highest BCUT2D eigenvalue weighted by atomic mass is 32.1. The summed E-state index contributed by atoms with van der Waals surface area (Å²) >= 11 is 1.31. The molecule has 0 aliphatic rings. The van der Waals surface area contributed by atoms with Gasteiger partial charge in [0.05, 0.1) is 14.2 Å². The fourth-order valence-electron chi connectivity index (χ4n) is 1.57. The molecule has 0 saturated heterocycles. The molecule has 1 heterocycles. The van der Waals surface area contributed by atoms with E-state index in [1.807, 2.05) is 12.1 Å². The first kappa shape index (κ1) is 14.3. The van der Waals surface area contributed by atoms with Crippen LogP contribution >= 0.6 is 11.3 Å². The number of hydrogen-bond acceptors (Lipinski definition) is 6. The van der Waals surface area contributed by atoms with E-state index in [0.29, 0.717) is 28.1 Å². The van der Waals surface area contributed by atoms with Gasteiger partial charge >= 0.3 is 0 Å². The predicted octanol–water partition coefficient (Wildman–Crippen LogP) is 2.57. The Labute approximate surface area is 120 Å². The zero-order chi connectivity index (χ0) is 14.5. The molecule has 0 saturated carbocycles. The summed E-state index contributed by atoms with van der Waals surface area (Å²) in [6.07, 6.45) is 0.408. The van der Waals surface area contributed by atoms with Crippen molar-refractivity contribution in [2.75, 3.05) is 19.5 Å². The molecule has 0 radical (unpaired) electrons. The minimum absolute atomic E-state index is 0.0833. The van der Waals surface area contributed by atoms with E-state index in [1.54, 1.807) is 27.2 Å². The summed E-state index contributed by atoms with van der Waals surface area (Å²) in [4.78, 5) is 11.3. The lowest BCUT2D eigenvalue weighted by atomic mass is 10.2. The van der Waals surface area contributed by atoms with Gasteiger partial charge in [0.2, 0.25) is 11.0 Å². The van der Waals surface area contributed by atoms with Crippen LogP contribution in [0.5, 0.6) is 11.5 Å². The van der Waals surface area contributed by atoms with Crippen LogP contribution in [0.25, 0.3) is 10.6 Å². The molecule has 0 atom stereocenters. The van der Waals surface area contributed by atoms with Crippen molar-refractivity contribution < 1.29 is 14.3 Å². The van der Waals surface area contributed by atoms with E-state index >= 15 is 0 Å². The number of nitrogens with zero attached hydrogens (tertiary/aromatic N) is 2. The first-order valence-electron chi connectivity index (χ1n) is 6.03. The Balaban J connectivity index is 2.25. The highest BCUT2D eigenvalue weighted by molar-refractivity contribution is 7.18. The van der Waals surface area contributed by atoms with E-state index in [-0.39, 0.29) is 5.91 Å². The maximum atomic E-state index is 11.3. The monoisotopic (exact) mass is 293 g/mol. The van der Waals surface area contributed by atoms with Gasteiger partial charge in [-0.3, -0.25) is 4.79 Å². The second-order valence-corrected chi connectivity index (χ2v) is 4.86. The molecular weight excluding hydrogens is 278 g/mol.